The van der Waals surface area contributed by atoms with Gasteiger partial charge in [-0.15, -0.1) is 0 Å². The van der Waals surface area contributed by atoms with E-state index in [0.29, 0.717) is 13.2 Å². The van der Waals surface area contributed by atoms with E-state index in [1.807, 2.05) is 42.5 Å². The van der Waals surface area contributed by atoms with Crippen LogP contribution in [-0.4, -0.2) is 36.3 Å². The molecule has 2 rings (SSSR count). The molecule has 0 radical (unpaired) electrons. The number of aliphatic hydroxyl groups excluding tert-OH is 1. The first-order chi connectivity index (χ1) is 10.3. The topological polar surface area (TPSA) is 32.7 Å². The summed E-state index contributed by atoms with van der Waals surface area (Å²) in [6, 6.07) is 18.1. The molecular formula is C17H20BrNO2. The summed E-state index contributed by atoms with van der Waals surface area (Å²) in [5, 5.41) is 9.18. The van der Waals surface area contributed by atoms with Crippen LogP contribution in [0.1, 0.15) is 5.56 Å². The van der Waals surface area contributed by atoms with Crippen LogP contribution in [0.5, 0.6) is 5.75 Å². The fourth-order valence-electron chi connectivity index (χ4n) is 2.10. The maximum Gasteiger partial charge on any atom is 0.120 e. The highest BCUT2D eigenvalue weighted by atomic mass is 79.9. The van der Waals surface area contributed by atoms with Gasteiger partial charge in [0.1, 0.15) is 12.4 Å². The molecule has 0 spiro atoms. The lowest BCUT2D eigenvalue weighted by molar-refractivity contribution is 0.163. The Bertz CT molecular complexity index is 533. The van der Waals surface area contributed by atoms with Crippen LogP contribution in [0.3, 0.4) is 0 Å². The molecule has 0 atom stereocenters. The zero-order chi connectivity index (χ0) is 14.9. The number of aliphatic hydroxyl groups is 1. The van der Waals surface area contributed by atoms with Crippen LogP contribution in [0.4, 0.5) is 0 Å². The van der Waals surface area contributed by atoms with Crippen molar-refractivity contribution < 1.29 is 9.84 Å². The molecule has 2 aromatic carbocycles. The predicted octanol–water partition coefficient (Wildman–Crippen LogP) is 3.32. The molecule has 0 amide bonds. The van der Waals surface area contributed by atoms with E-state index in [2.05, 4.69) is 33.0 Å². The van der Waals surface area contributed by atoms with Gasteiger partial charge in [0.2, 0.25) is 0 Å². The average molecular weight is 350 g/mol. The van der Waals surface area contributed by atoms with E-state index < -0.39 is 0 Å². The number of benzene rings is 2. The van der Waals surface area contributed by atoms with Crippen molar-refractivity contribution in [3.8, 4) is 5.75 Å². The molecule has 0 aromatic heterocycles. The summed E-state index contributed by atoms with van der Waals surface area (Å²) in [5.74, 6) is 0.855. The summed E-state index contributed by atoms with van der Waals surface area (Å²) in [5.41, 5.74) is 1.24. The molecule has 0 saturated heterocycles. The molecule has 0 saturated carbocycles. The van der Waals surface area contributed by atoms with Gasteiger partial charge >= 0.3 is 0 Å². The van der Waals surface area contributed by atoms with Crippen molar-refractivity contribution in [2.24, 2.45) is 0 Å². The molecule has 0 fully saturated rings. The molecule has 0 aliphatic carbocycles. The van der Waals surface area contributed by atoms with Crippen LogP contribution in [-0.2, 0) is 6.54 Å². The highest BCUT2D eigenvalue weighted by Crippen LogP contribution is 2.17. The third-order valence-corrected chi connectivity index (χ3v) is 3.63. The van der Waals surface area contributed by atoms with Crippen molar-refractivity contribution in [3.05, 3.63) is 64.6 Å². The molecule has 2 aromatic rings. The van der Waals surface area contributed by atoms with Crippen LogP contribution >= 0.6 is 15.9 Å². The van der Waals surface area contributed by atoms with Gasteiger partial charge in [0.05, 0.1) is 6.61 Å². The van der Waals surface area contributed by atoms with Gasteiger partial charge in [-0.3, -0.25) is 4.90 Å². The van der Waals surface area contributed by atoms with Crippen LogP contribution in [0.25, 0.3) is 0 Å². The van der Waals surface area contributed by atoms with Gasteiger partial charge in [-0.25, -0.2) is 0 Å². The Labute approximate surface area is 134 Å². The molecule has 0 unspecified atom stereocenters. The number of halogens is 1. The Hall–Kier alpha value is -1.36. The van der Waals surface area contributed by atoms with E-state index in [-0.39, 0.29) is 6.61 Å². The SMILES string of the molecule is OCCN(CCOc1cccc(Br)c1)Cc1ccccc1. The summed E-state index contributed by atoms with van der Waals surface area (Å²) in [6.07, 6.45) is 0. The van der Waals surface area contributed by atoms with Crippen molar-refractivity contribution >= 4 is 15.9 Å². The van der Waals surface area contributed by atoms with Crippen molar-refractivity contribution in [1.82, 2.24) is 4.90 Å². The standard InChI is InChI=1S/C17H20BrNO2/c18-16-7-4-8-17(13-16)21-12-10-19(9-11-20)14-15-5-2-1-3-6-15/h1-8,13,20H,9-12,14H2. The van der Waals surface area contributed by atoms with Crippen molar-refractivity contribution in [1.29, 1.82) is 0 Å². The zero-order valence-corrected chi connectivity index (χ0v) is 13.5. The molecule has 0 heterocycles. The number of hydrogen-bond acceptors (Lipinski definition) is 3. The Balaban J connectivity index is 1.82. The first kappa shape index (κ1) is 16.0. The second-order valence-electron chi connectivity index (χ2n) is 4.79. The van der Waals surface area contributed by atoms with E-state index in [1.165, 1.54) is 5.56 Å². The minimum Gasteiger partial charge on any atom is -0.492 e. The Morgan fingerprint density at radius 1 is 1.00 bits per heavy atom. The van der Waals surface area contributed by atoms with Crippen molar-refractivity contribution in [2.45, 2.75) is 6.54 Å². The largest absolute Gasteiger partial charge is 0.492 e. The maximum absolute atomic E-state index is 9.18. The Morgan fingerprint density at radius 3 is 2.52 bits per heavy atom. The fourth-order valence-corrected chi connectivity index (χ4v) is 2.48. The lowest BCUT2D eigenvalue weighted by Crippen LogP contribution is -2.30. The van der Waals surface area contributed by atoms with Crippen LogP contribution < -0.4 is 4.74 Å². The fraction of sp³-hybridized carbons (Fsp3) is 0.294. The van der Waals surface area contributed by atoms with Crippen LogP contribution in [0, 0.1) is 0 Å². The van der Waals surface area contributed by atoms with Crippen molar-refractivity contribution in [3.63, 3.8) is 0 Å². The second kappa shape index (κ2) is 8.82. The highest BCUT2D eigenvalue weighted by Gasteiger charge is 2.06. The van der Waals surface area contributed by atoms with Gasteiger partial charge in [-0.1, -0.05) is 52.3 Å². The third-order valence-electron chi connectivity index (χ3n) is 3.14. The normalized spacial score (nSPS) is 10.8. The molecule has 0 aliphatic rings. The quantitative estimate of drug-likeness (QED) is 0.793. The molecule has 21 heavy (non-hydrogen) atoms. The van der Waals surface area contributed by atoms with E-state index in [9.17, 15) is 5.11 Å². The number of rotatable bonds is 8. The molecule has 1 N–H and O–H groups in total. The van der Waals surface area contributed by atoms with Crippen molar-refractivity contribution in [2.75, 3.05) is 26.3 Å². The first-order valence-electron chi connectivity index (χ1n) is 7.03. The summed E-state index contributed by atoms with van der Waals surface area (Å²) < 4.78 is 6.76. The first-order valence-corrected chi connectivity index (χ1v) is 7.83. The molecular weight excluding hydrogens is 330 g/mol. The van der Waals surface area contributed by atoms with E-state index in [0.717, 1.165) is 23.3 Å². The van der Waals surface area contributed by atoms with Gasteiger partial charge < -0.3 is 9.84 Å². The van der Waals surface area contributed by atoms with Gasteiger partial charge in [0, 0.05) is 24.1 Å². The molecule has 3 nitrogen and oxygen atoms in total. The number of ether oxygens (including phenoxy) is 1. The van der Waals surface area contributed by atoms with Gasteiger partial charge in [-0.2, -0.15) is 0 Å². The number of nitrogens with zero attached hydrogens (tertiary/aromatic N) is 1. The molecule has 0 aliphatic heterocycles. The maximum atomic E-state index is 9.18. The minimum absolute atomic E-state index is 0.156. The third kappa shape index (κ3) is 5.87. The summed E-state index contributed by atoms with van der Waals surface area (Å²) in [6.45, 7) is 3.01. The van der Waals surface area contributed by atoms with E-state index in [4.69, 9.17) is 4.74 Å². The average Bonchev–Trinajstić information content (AvgIpc) is 2.48. The van der Waals surface area contributed by atoms with Crippen LogP contribution in [0.15, 0.2) is 59.1 Å². The summed E-state index contributed by atoms with van der Waals surface area (Å²) in [7, 11) is 0. The summed E-state index contributed by atoms with van der Waals surface area (Å²) in [4.78, 5) is 2.19. The smallest absolute Gasteiger partial charge is 0.120 e. The van der Waals surface area contributed by atoms with Crippen LogP contribution in [0.2, 0.25) is 0 Å². The minimum atomic E-state index is 0.156. The van der Waals surface area contributed by atoms with E-state index >= 15 is 0 Å². The second-order valence-corrected chi connectivity index (χ2v) is 5.71. The lowest BCUT2D eigenvalue weighted by atomic mass is 10.2. The Kier molecular flexibility index (Phi) is 6.73. The summed E-state index contributed by atoms with van der Waals surface area (Å²) >= 11 is 3.43. The van der Waals surface area contributed by atoms with Gasteiger partial charge in [0.15, 0.2) is 0 Å². The van der Waals surface area contributed by atoms with Gasteiger partial charge in [0.25, 0.3) is 0 Å². The van der Waals surface area contributed by atoms with Gasteiger partial charge in [-0.05, 0) is 23.8 Å². The van der Waals surface area contributed by atoms with E-state index in [1.54, 1.807) is 0 Å². The molecule has 4 heteroatoms. The monoisotopic (exact) mass is 349 g/mol. The molecule has 0 bridgehead atoms. The highest BCUT2D eigenvalue weighted by molar-refractivity contribution is 9.10. The zero-order valence-electron chi connectivity index (χ0n) is 11.9. The molecule has 112 valence electrons. The Morgan fingerprint density at radius 2 is 1.81 bits per heavy atom. The number of hydrogen-bond donors (Lipinski definition) is 1. The predicted molar refractivity (Wildman–Crippen MR) is 88.4 cm³/mol. The lowest BCUT2D eigenvalue weighted by Gasteiger charge is -2.21.